The second kappa shape index (κ2) is 4.09. The van der Waals surface area contributed by atoms with Gasteiger partial charge in [0.15, 0.2) is 5.82 Å². The van der Waals surface area contributed by atoms with Crippen LogP contribution in [0.15, 0.2) is 0 Å². The second-order valence-corrected chi connectivity index (χ2v) is 3.89. The molecule has 0 saturated heterocycles. The molecule has 1 heterocycles. The molecule has 2 rings (SSSR count). The number of hydrogen-bond donors (Lipinski definition) is 1. The van der Waals surface area contributed by atoms with Crippen molar-refractivity contribution in [3.05, 3.63) is 11.6 Å². The Kier molecular flexibility index (Phi) is 2.82. The van der Waals surface area contributed by atoms with E-state index in [0.717, 1.165) is 31.2 Å². The Bertz CT molecular complexity index is 301. The summed E-state index contributed by atoms with van der Waals surface area (Å²) >= 11 is 0. The van der Waals surface area contributed by atoms with Crippen molar-refractivity contribution in [1.29, 1.82) is 0 Å². The maximum Gasteiger partial charge on any atom is 0.154 e. The Labute approximate surface area is 84.7 Å². The average Bonchev–Trinajstić information content (AvgIpc) is 2.94. The van der Waals surface area contributed by atoms with Crippen molar-refractivity contribution in [2.24, 2.45) is 7.05 Å². The van der Waals surface area contributed by atoms with Crippen molar-refractivity contribution in [3.8, 4) is 0 Å². The van der Waals surface area contributed by atoms with E-state index < -0.39 is 0 Å². The third-order valence-corrected chi connectivity index (χ3v) is 2.59. The number of aryl methyl sites for hydroxylation is 1. The standard InChI is InChI=1S/C10H18N4/c1-3-11-7-6-9-12-10(8-4-5-8)13-14(9)2/h8,11H,3-7H2,1-2H3. The summed E-state index contributed by atoms with van der Waals surface area (Å²) in [6.45, 7) is 4.13. The molecule has 1 aliphatic carbocycles. The average molecular weight is 194 g/mol. The third-order valence-electron chi connectivity index (χ3n) is 2.59. The van der Waals surface area contributed by atoms with E-state index in [0.29, 0.717) is 5.92 Å². The van der Waals surface area contributed by atoms with E-state index >= 15 is 0 Å². The molecule has 0 radical (unpaired) electrons. The maximum atomic E-state index is 4.56. The molecule has 0 aliphatic heterocycles. The quantitative estimate of drug-likeness (QED) is 0.706. The van der Waals surface area contributed by atoms with Crippen molar-refractivity contribution in [1.82, 2.24) is 20.1 Å². The highest BCUT2D eigenvalue weighted by atomic mass is 15.3. The minimum Gasteiger partial charge on any atom is -0.317 e. The molecule has 78 valence electrons. The predicted octanol–water partition coefficient (Wildman–Crippen LogP) is 0.844. The first-order valence-corrected chi connectivity index (χ1v) is 5.41. The highest BCUT2D eigenvalue weighted by Crippen LogP contribution is 2.37. The summed E-state index contributed by atoms with van der Waals surface area (Å²) in [6.07, 6.45) is 3.53. The topological polar surface area (TPSA) is 42.7 Å². The Balaban J connectivity index is 1.94. The van der Waals surface area contributed by atoms with E-state index in [2.05, 4.69) is 22.3 Å². The molecule has 1 N–H and O–H groups in total. The van der Waals surface area contributed by atoms with Crippen molar-refractivity contribution in [3.63, 3.8) is 0 Å². The van der Waals surface area contributed by atoms with Crippen LogP contribution in [0.25, 0.3) is 0 Å². The van der Waals surface area contributed by atoms with Gasteiger partial charge in [-0.05, 0) is 19.4 Å². The van der Waals surface area contributed by atoms with Crippen molar-refractivity contribution >= 4 is 0 Å². The van der Waals surface area contributed by atoms with Crippen LogP contribution in [0.3, 0.4) is 0 Å². The van der Waals surface area contributed by atoms with Gasteiger partial charge < -0.3 is 5.32 Å². The zero-order chi connectivity index (χ0) is 9.97. The number of nitrogens with one attached hydrogen (secondary N) is 1. The highest BCUT2D eigenvalue weighted by molar-refractivity contribution is 5.06. The van der Waals surface area contributed by atoms with Crippen LogP contribution in [0.5, 0.6) is 0 Å². The van der Waals surface area contributed by atoms with Gasteiger partial charge in [0, 0.05) is 25.9 Å². The molecule has 0 amide bonds. The van der Waals surface area contributed by atoms with Gasteiger partial charge in [0.05, 0.1) is 0 Å². The summed E-state index contributed by atoms with van der Waals surface area (Å²) in [7, 11) is 1.99. The van der Waals surface area contributed by atoms with Gasteiger partial charge in [-0.25, -0.2) is 4.98 Å². The van der Waals surface area contributed by atoms with Crippen molar-refractivity contribution in [2.75, 3.05) is 13.1 Å². The normalized spacial score (nSPS) is 16.1. The molecule has 1 aromatic heterocycles. The van der Waals surface area contributed by atoms with Gasteiger partial charge in [-0.2, -0.15) is 5.10 Å². The molecule has 1 fully saturated rings. The van der Waals surface area contributed by atoms with Crippen molar-refractivity contribution < 1.29 is 0 Å². The number of rotatable bonds is 5. The van der Waals surface area contributed by atoms with E-state index in [9.17, 15) is 0 Å². The minimum atomic E-state index is 0.661. The van der Waals surface area contributed by atoms with Gasteiger partial charge in [0.1, 0.15) is 5.82 Å². The molecule has 0 atom stereocenters. The summed E-state index contributed by atoms with van der Waals surface area (Å²) in [4.78, 5) is 4.56. The molecule has 0 bridgehead atoms. The molecule has 0 unspecified atom stereocenters. The maximum absolute atomic E-state index is 4.56. The number of aromatic nitrogens is 3. The van der Waals surface area contributed by atoms with Crippen LogP contribution in [-0.2, 0) is 13.5 Å². The summed E-state index contributed by atoms with van der Waals surface area (Å²) in [5, 5.41) is 7.73. The zero-order valence-corrected chi connectivity index (χ0v) is 8.95. The highest BCUT2D eigenvalue weighted by Gasteiger charge is 2.28. The lowest BCUT2D eigenvalue weighted by Crippen LogP contribution is -2.17. The monoisotopic (exact) mass is 194 g/mol. The van der Waals surface area contributed by atoms with E-state index in [4.69, 9.17) is 0 Å². The van der Waals surface area contributed by atoms with Gasteiger partial charge in [-0.15, -0.1) is 0 Å². The zero-order valence-electron chi connectivity index (χ0n) is 8.95. The summed E-state index contributed by atoms with van der Waals surface area (Å²) in [5.74, 6) is 2.82. The SMILES string of the molecule is CCNCCc1nc(C2CC2)nn1C. The van der Waals surface area contributed by atoms with Gasteiger partial charge in [-0.1, -0.05) is 6.92 Å². The van der Waals surface area contributed by atoms with Crippen LogP contribution in [0, 0.1) is 0 Å². The lowest BCUT2D eigenvalue weighted by molar-refractivity contribution is 0.646. The van der Waals surface area contributed by atoms with Crippen LogP contribution in [0.1, 0.15) is 37.3 Å². The molecular formula is C10H18N4. The Hall–Kier alpha value is -0.900. The molecule has 1 aromatic rings. The molecule has 4 nitrogen and oxygen atoms in total. The van der Waals surface area contributed by atoms with E-state index in [1.54, 1.807) is 0 Å². The summed E-state index contributed by atoms with van der Waals surface area (Å²) in [5.41, 5.74) is 0. The fraction of sp³-hybridized carbons (Fsp3) is 0.800. The number of nitrogens with zero attached hydrogens (tertiary/aromatic N) is 3. The van der Waals surface area contributed by atoms with E-state index in [-0.39, 0.29) is 0 Å². The smallest absolute Gasteiger partial charge is 0.154 e. The Morgan fingerprint density at radius 1 is 1.50 bits per heavy atom. The lowest BCUT2D eigenvalue weighted by Gasteiger charge is -1.99. The molecule has 1 aliphatic rings. The first-order chi connectivity index (χ1) is 6.81. The van der Waals surface area contributed by atoms with E-state index in [1.807, 2.05) is 11.7 Å². The summed E-state index contributed by atoms with van der Waals surface area (Å²) < 4.78 is 1.92. The Morgan fingerprint density at radius 2 is 2.29 bits per heavy atom. The molecule has 1 saturated carbocycles. The molecule has 0 spiro atoms. The first kappa shape index (κ1) is 9.65. The van der Waals surface area contributed by atoms with Crippen LogP contribution in [-0.4, -0.2) is 27.9 Å². The summed E-state index contributed by atoms with van der Waals surface area (Å²) in [6, 6.07) is 0. The number of likely N-dealkylation sites (N-methyl/N-ethyl adjacent to an activating group) is 1. The van der Waals surface area contributed by atoms with Crippen LogP contribution < -0.4 is 5.32 Å². The fourth-order valence-corrected chi connectivity index (χ4v) is 1.55. The third kappa shape index (κ3) is 2.12. The van der Waals surface area contributed by atoms with Crippen LogP contribution in [0.4, 0.5) is 0 Å². The number of hydrogen-bond acceptors (Lipinski definition) is 3. The predicted molar refractivity (Wildman–Crippen MR) is 55.2 cm³/mol. The van der Waals surface area contributed by atoms with Crippen molar-refractivity contribution in [2.45, 2.75) is 32.1 Å². The molecule has 0 aromatic carbocycles. The Morgan fingerprint density at radius 3 is 2.93 bits per heavy atom. The second-order valence-electron chi connectivity index (χ2n) is 3.89. The minimum absolute atomic E-state index is 0.661. The molecular weight excluding hydrogens is 176 g/mol. The van der Waals surface area contributed by atoms with Gasteiger partial charge >= 0.3 is 0 Å². The van der Waals surface area contributed by atoms with Crippen LogP contribution >= 0.6 is 0 Å². The first-order valence-electron chi connectivity index (χ1n) is 5.41. The van der Waals surface area contributed by atoms with E-state index in [1.165, 1.54) is 12.8 Å². The van der Waals surface area contributed by atoms with Crippen LogP contribution in [0.2, 0.25) is 0 Å². The van der Waals surface area contributed by atoms with Gasteiger partial charge in [0.2, 0.25) is 0 Å². The molecule has 4 heteroatoms. The molecule has 14 heavy (non-hydrogen) atoms. The lowest BCUT2D eigenvalue weighted by atomic mass is 10.4. The fourth-order valence-electron chi connectivity index (χ4n) is 1.55. The van der Waals surface area contributed by atoms with Gasteiger partial charge in [-0.3, -0.25) is 4.68 Å². The largest absolute Gasteiger partial charge is 0.317 e. The van der Waals surface area contributed by atoms with Gasteiger partial charge in [0.25, 0.3) is 0 Å².